The zero-order chi connectivity index (χ0) is 17.0. The van der Waals surface area contributed by atoms with E-state index in [1.807, 2.05) is 0 Å². The summed E-state index contributed by atoms with van der Waals surface area (Å²) >= 11 is 5.66. The van der Waals surface area contributed by atoms with E-state index in [1.165, 1.54) is 44.6 Å². The van der Waals surface area contributed by atoms with E-state index in [9.17, 15) is 14.0 Å². The second-order valence-electron chi connectivity index (χ2n) is 4.48. The second-order valence-corrected chi connectivity index (χ2v) is 4.92. The molecule has 7 heteroatoms. The Morgan fingerprint density at radius 3 is 2.48 bits per heavy atom. The number of anilines is 1. The Balaban J connectivity index is 2.34. The van der Waals surface area contributed by atoms with Gasteiger partial charge in [-0.1, -0.05) is 11.6 Å². The van der Waals surface area contributed by atoms with Gasteiger partial charge in [-0.05, 0) is 36.4 Å². The maximum atomic E-state index is 13.8. The van der Waals surface area contributed by atoms with Crippen LogP contribution in [0.3, 0.4) is 0 Å². The fourth-order valence-electron chi connectivity index (χ4n) is 1.91. The van der Waals surface area contributed by atoms with Crippen LogP contribution >= 0.6 is 11.6 Å². The fourth-order valence-corrected chi connectivity index (χ4v) is 2.07. The quantitative estimate of drug-likeness (QED) is 0.867. The van der Waals surface area contributed by atoms with Gasteiger partial charge in [0.2, 0.25) is 0 Å². The molecule has 1 amide bonds. The number of carbonyl (C=O) groups excluding carboxylic acids is 2. The lowest BCUT2D eigenvalue weighted by Crippen LogP contribution is -2.15. The third-order valence-corrected chi connectivity index (χ3v) is 3.28. The smallest absolute Gasteiger partial charge is 0.337 e. The van der Waals surface area contributed by atoms with Gasteiger partial charge in [-0.15, -0.1) is 0 Å². The first-order chi connectivity index (χ1) is 11.0. The summed E-state index contributed by atoms with van der Waals surface area (Å²) in [6.45, 7) is 0. The molecule has 120 valence electrons. The lowest BCUT2D eigenvalue weighted by atomic mass is 10.1. The van der Waals surface area contributed by atoms with Crippen LogP contribution in [-0.2, 0) is 4.74 Å². The van der Waals surface area contributed by atoms with E-state index in [4.69, 9.17) is 16.3 Å². The molecule has 0 saturated carbocycles. The molecule has 0 aliphatic carbocycles. The third kappa shape index (κ3) is 3.78. The van der Waals surface area contributed by atoms with E-state index >= 15 is 0 Å². The fraction of sp³-hybridized carbons (Fsp3) is 0.125. The first-order valence-electron chi connectivity index (χ1n) is 6.49. The summed E-state index contributed by atoms with van der Waals surface area (Å²) in [5.41, 5.74) is 0.259. The summed E-state index contributed by atoms with van der Waals surface area (Å²) in [4.78, 5) is 23.8. The van der Waals surface area contributed by atoms with Crippen molar-refractivity contribution in [2.24, 2.45) is 0 Å². The molecule has 5 nitrogen and oxygen atoms in total. The Bertz CT molecular complexity index is 764. The summed E-state index contributed by atoms with van der Waals surface area (Å²) in [6.07, 6.45) is 0. The number of halogens is 2. The van der Waals surface area contributed by atoms with Crippen LogP contribution < -0.4 is 10.1 Å². The monoisotopic (exact) mass is 337 g/mol. The molecule has 0 fully saturated rings. The van der Waals surface area contributed by atoms with Crippen LogP contribution in [0, 0.1) is 5.82 Å². The molecule has 1 N–H and O–H groups in total. The summed E-state index contributed by atoms with van der Waals surface area (Å²) in [5, 5.41) is 2.69. The molecule has 0 aromatic heterocycles. The van der Waals surface area contributed by atoms with Gasteiger partial charge in [0.1, 0.15) is 11.6 Å². The van der Waals surface area contributed by atoms with Gasteiger partial charge in [0, 0.05) is 5.02 Å². The highest BCUT2D eigenvalue weighted by atomic mass is 35.5. The van der Waals surface area contributed by atoms with Crippen molar-refractivity contribution >= 4 is 29.2 Å². The standard InChI is InChI=1S/C16H13ClFNO4/c1-22-14-6-3-9(16(21)23-2)7-13(14)19-15(20)11-5-4-10(17)8-12(11)18/h3-8H,1-2H3,(H,19,20). The van der Waals surface area contributed by atoms with Gasteiger partial charge in [-0.3, -0.25) is 4.79 Å². The maximum Gasteiger partial charge on any atom is 0.337 e. The van der Waals surface area contributed by atoms with Gasteiger partial charge in [-0.25, -0.2) is 9.18 Å². The Labute approximate surface area is 137 Å². The molecule has 0 bridgehead atoms. The molecule has 0 unspecified atom stereocenters. The average molecular weight is 338 g/mol. The Morgan fingerprint density at radius 1 is 1.13 bits per heavy atom. The Hall–Kier alpha value is -2.60. The summed E-state index contributed by atoms with van der Waals surface area (Å²) in [5.74, 6) is -1.70. The Kier molecular flexibility index (Phi) is 5.18. The summed E-state index contributed by atoms with van der Waals surface area (Å²) in [6, 6.07) is 8.09. The topological polar surface area (TPSA) is 64.6 Å². The number of nitrogens with one attached hydrogen (secondary N) is 1. The Morgan fingerprint density at radius 2 is 1.87 bits per heavy atom. The average Bonchev–Trinajstić information content (AvgIpc) is 2.53. The van der Waals surface area contributed by atoms with Crippen LogP contribution in [-0.4, -0.2) is 26.1 Å². The number of hydrogen-bond acceptors (Lipinski definition) is 4. The minimum Gasteiger partial charge on any atom is -0.495 e. The van der Waals surface area contributed by atoms with E-state index in [0.717, 1.165) is 6.07 Å². The number of rotatable bonds is 4. The first kappa shape index (κ1) is 16.8. The largest absolute Gasteiger partial charge is 0.495 e. The summed E-state index contributed by atoms with van der Waals surface area (Å²) < 4.78 is 23.5. The number of carbonyl (C=O) groups is 2. The highest BCUT2D eigenvalue weighted by Crippen LogP contribution is 2.27. The maximum absolute atomic E-state index is 13.8. The molecule has 2 aromatic carbocycles. The van der Waals surface area contributed by atoms with Crippen molar-refractivity contribution in [2.45, 2.75) is 0 Å². The lowest BCUT2D eigenvalue weighted by molar-refractivity contribution is 0.0600. The molecule has 23 heavy (non-hydrogen) atoms. The molecule has 0 saturated heterocycles. The molecule has 0 atom stereocenters. The van der Waals surface area contributed by atoms with E-state index in [2.05, 4.69) is 10.1 Å². The summed E-state index contributed by atoms with van der Waals surface area (Å²) in [7, 11) is 2.65. The van der Waals surface area contributed by atoms with Crippen molar-refractivity contribution < 1.29 is 23.5 Å². The minimum absolute atomic E-state index is 0.181. The van der Waals surface area contributed by atoms with Crippen molar-refractivity contribution in [1.82, 2.24) is 0 Å². The van der Waals surface area contributed by atoms with Crippen LogP contribution in [0.4, 0.5) is 10.1 Å². The highest BCUT2D eigenvalue weighted by molar-refractivity contribution is 6.30. The molecular formula is C16H13ClFNO4. The predicted molar refractivity (Wildman–Crippen MR) is 83.7 cm³/mol. The van der Waals surface area contributed by atoms with Gasteiger partial charge in [0.15, 0.2) is 0 Å². The van der Waals surface area contributed by atoms with E-state index in [-0.39, 0.29) is 21.8 Å². The highest BCUT2D eigenvalue weighted by Gasteiger charge is 2.16. The molecule has 0 radical (unpaired) electrons. The van der Waals surface area contributed by atoms with E-state index in [0.29, 0.717) is 5.75 Å². The van der Waals surface area contributed by atoms with Crippen molar-refractivity contribution in [1.29, 1.82) is 0 Å². The number of benzene rings is 2. The minimum atomic E-state index is -0.752. The van der Waals surface area contributed by atoms with Crippen LogP contribution in [0.25, 0.3) is 0 Å². The molecule has 0 heterocycles. The van der Waals surface area contributed by atoms with Gasteiger partial charge < -0.3 is 14.8 Å². The normalized spacial score (nSPS) is 10.1. The zero-order valence-electron chi connectivity index (χ0n) is 12.4. The third-order valence-electron chi connectivity index (χ3n) is 3.04. The van der Waals surface area contributed by atoms with Crippen molar-refractivity contribution in [3.8, 4) is 5.75 Å². The molecule has 0 aliphatic rings. The number of ether oxygens (including phenoxy) is 2. The molecule has 2 aromatic rings. The second kappa shape index (κ2) is 7.11. The van der Waals surface area contributed by atoms with Crippen molar-refractivity contribution in [2.75, 3.05) is 19.5 Å². The number of amides is 1. The van der Waals surface area contributed by atoms with Gasteiger partial charge in [-0.2, -0.15) is 0 Å². The van der Waals surface area contributed by atoms with Crippen LogP contribution in [0.1, 0.15) is 20.7 Å². The van der Waals surface area contributed by atoms with Crippen LogP contribution in [0.2, 0.25) is 5.02 Å². The van der Waals surface area contributed by atoms with Gasteiger partial charge in [0.25, 0.3) is 5.91 Å². The molecule has 0 aliphatic heterocycles. The van der Waals surface area contributed by atoms with Crippen molar-refractivity contribution in [3.05, 3.63) is 58.4 Å². The lowest BCUT2D eigenvalue weighted by Gasteiger charge is -2.12. The van der Waals surface area contributed by atoms with Gasteiger partial charge in [0.05, 0.1) is 31.0 Å². The number of hydrogen-bond donors (Lipinski definition) is 1. The van der Waals surface area contributed by atoms with Crippen LogP contribution in [0.15, 0.2) is 36.4 Å². The SMILES string of the molecule is COC(=O)c1ccc(OC)c(NC(=O)c2ccc(Cl)cc2F)c1. The predicted octanol–water partition coefficient (Wildman–Crippen LogP) is 3.53. The van der Waals surface area contributed by atoms with Crippen LogP contribution in [0.5, 0.6) is 5.75 Å². The molecule has 0 spiro atoms. The first-order valence-corrected chi connectivity index (χ1v) is 6.86. The number of esters is 1. The molecule has 2 rings (SSSR count). The number of methoxy groups -OCH3 is 2. The molecular weight excluding hydrogens is 325 g/mol. The van der Waals surface area contributed by atoms with Crippen molar-refractivity contribution in [3.63, 3.8) is 0 Å². The van der Waals surface area contributed by atoms with E-state index in [1.54, 1.807) is 0 Å². The van der Waals surface area contributed by atoms with Gasteiger partial charge >= 0.3 is 5.97 Å². The van der Waals surface area contributed by atoms with E-state index < -0.39 is 17.7 Å². The zero-order valence-corrected chi connectivity index (χ0v) is 13.1.